The molecule has 3 rings (SSSR count). The van der Waals surface area contributed by atoms with E-state index < -0.39 is 20.6 Å². The molecular weight excluding hydrogens is 300 g/mol. The number of aliphatic hydroxyl groups is 1. The van der Waals surface area contributed by atoms with Crippen molar-refractivity contribution in [3.8, 4) is 0 Å². The Balaban J connectivity index is 2.07. The summed E-state index contributed by atoms with van der Waals surface area (Å²) in [4.78, 5) is 3.97. The number of azo groups is 1. The maximum atomic E-state index is 12.2. The van der Waals surface area contributed by atoms with Crippen molar-refractivity contribution in [2.45, 2.75) is 11.8 Å². The first-order valence-corrected chi connectivity index (χ1v) is 7.75. The highest BCUT2D eigenvalue weighted by Crippen LogP contribution is 2.38. The molecule has 0 amide bonds. The lowest BCUT2D eigenvalue weighted by molar-refractivity contribution is 0.508. The number of rotatable bonds is 2. The van der Waals surface area contributed by atoms with Crippen LogP contribution in [-0.2, 0) is 9.84 Å². The lowest BCUT2D eigenvalue weighted by Crippen LogP contribution is -1.98. The van der Waals surface area contributed by atoms with E-state index in [1.165, 1.54) is 12.1 Å². The molecule has 1 aliphatic heterocycles. The second kappa shape index (κ2) is 4.46. The minimum absolute atomic E-state index is 0.0277. The summed E-state index contributed by atoms with van der Waals surface area (Å²) in [5, 5.41) is 17.1. The van der Waals surface area contributed by atoms with E-state index >= 15 is 0 Å². The molecule has 1 aliphatic rings. The van der Waals surface area contributed by atoms with Crippen molar-refractivity contribution in [2.75, 3.05) is 0 Å². The van der Waals surface area contributed by atoms with Gasteiger partial charge in [0.1, 0.15) is 5.82 Å². The summed E-state index contributed by atoms with van der Waals surface area (Å²) in [7, 11) is -3.83. The van der Waals surface area contributed by atoms with Crippen LogP contribution in [0.25, 0.3) is 5.76 Å². The highest BCUT2D eigenvalue weighted by Gasteiger charge is 2.36. The molecule has 0 saturated carbocycles. The first kappa shape index (κ1) is 12.9. The monoisotopic (exact) mass is 308 g/mol. The minimum atomic E-state index is -3.83. The molecule has 0 spiro atoms. The van der Waals surface area contributed by atoms with E-state index in [0.29, 0.717) is 5.82 Å². The second-order valence-electron chi connectivity index (χ2n) is 3.98. The molecule has 2 heterocycles. The number of hydrogen-bond acceptors (Lipinski definition) is 8. The molecule has 0 radical (unpaired) electrons. The summed E-state index contributed by atoms with van der Waals surface area (Å²) in [5.74, 6) is 0.130. The predicted molar refractivity (Wildman–Crippen MR) is 72.3 cm³/mol. The molecule has 1 N–H and O–H groups in total. The third kappa shape index (κ3) is 1.91. The first-order valence-electron chi connectivity index (χ1n) is 5.50. The van der Waals surface area contributed by atoms with Crippen LogP contribution in [0.3, 0.4) is 0 Å². The number of nitrogens with zero attached hydrogens (tertiary/aromatic N) is 4. The van der Waals surface area contributed by atoms with Crippen LogP contribution < -0.4 is 0 Å². The number of aliphatic hydroxyl groups excluding tert-OH is 1. The van der Waals surface area contributed by atoms with Gasteiger partial charge in [0.05, 0.1) is 4.90 Å². The van der Waals surface area contributed by atoms with Gasteiger partial charge in [-0.05, 0) is 19.1 Å². The van der Waals surface area contributed by atoms with Gasteiger partial charge in [0.2, 0.25) is 20.0 Å². The first-order chi connectivity index (χ1) is 9.50. The number of hydrogen-bond donors (Lipinski definition) is 1. The van der Waals surface area contributed by atoms with E-state index in [4.69, 9.17) is 0 Å². The van der Waals surface area contributed by atoms with Gasteiger partial charge >= 0.3 is 0 Å². The van der Waals surface area contributed by atoms with Gasteiger partial charge < -0.3 is 5.11 Å². The van der Waals surface area contributed by atoms with Gasteiger partial charge in [-0.25, -0.2) is 13.4 Å². The van der Waals surface area contributed by atoms with Crippen molar-refractivity contribution in [1.82, 2.24) is 9.36 Å². The van der Waals surface area contributed by atoms with Crippen LogP contribution in [0.1, 0.15) is 11.4 Å². The van der Waals surface area contributed by atoms with Crippen molar-refractivity contribution in [1.29, 1.82) is 0 Å². The highest BCUT2D eigenvalue weighted by molar-refractivity contribution is 7.95. The van der Waals surface area contributed by atoms with Gasteiger partial charge in [0.15, 0.2) is 5.76 Å². The third-order valence-electron chi connectivity index (χ3n) is 2.63. The summed E-state index contributed by atoms with van der Waals surface area (Å²) in [6.45, 7) is 1.69. The Bertz CT molecular complexity index is 852. The van der Waals surface area contributed by atoms with Crippen molar-refractivity contribution < 1.29 is 13.5 Å². The van der Waals surface area contributed by atoms with Gasteiger partial charge in [-0.1, -0.05) is 12.1 Å². The zero-order valence-electron chi connectivity index (χ0n) is 10.2. The Hall–Kier alpha value is -2.13. The maximum absolute atomic E-state index is 12.2. The molecule has 0 bridgehead atoms. The SMILES string of the molecule is Cc1nsc(/N=N/C2=C(O)c3ccccc3S2(=O)=O)n1. The van der Waals surface area contributed by atoms with Gasteiger partial charge in [-0.3, -0.25) is 0 Å². The molecule has 7 nitrogen and oxygen atoms in total. The Labute approximate surface area is 118 Å². The standard InChI is InChI=1S/C11H8N4O3S2/c1-6-12-11(19-15-6)14-13-10-9(16)7-4-2-3-5-8(7)20(10,17)18/h2-5,16H,1H3/b14-13+. The van der Waals surface area contributed by atoms with Crippen LogP contribution in [0.15, 0.2) is 44.4 Å². The largest absolute Gasteiger partial charge is 0.504 e. The van der Waals surface area contributed by atoms with Crippen molar-refractivity contribution >= 4 is 32.3 Å². The van der Waals surface area contributed by atoms with Crippen LogP contribution in [0.5, 0.6) is 0 Å². The lowest BCUT2D eigenvalue weighted by Gasteiger charge is -1.96. The summed E-state index contributed by atoms with van der Waals surface area (Å²) < 4.78 is 28.3. The Morgan fingerprint density at radius 3 is 2.65 bits per heavy atom. The minimum Gasteiger partial charge on any atom is -0.504 e. The zero-order chi connectivity index (χ0) is 14.3. The fraction of sp³-hybridized carbons (Fsp3) is 0.0909. The number of aryl methyl sites for hydroxylation is 1. The smallest absolute Gasteiger partial charge is 0.249 e. The second-order valence-corrected chi connectivity index (χ2v) is 6.54. The average molecular weight is 308 g/mol. The average Bonchev–Trinajstić information content (AvgIpc) is 2.91. The molecule has 0 atom stereocenters. The summed E-state index contributed by atoms with van der Waals surface area (Å²) in [6, 6.07) is 6.15. The number of sulfone groups is 1. The maximum Gasteiger partial charge on any atom is 0.249 e. The molecule has 1 aromatic heterocycles. The Morgan fingerprint density at radius 2 is 2.00 bits per heavy atom. The molecule has 102 valence electrons. The topological polar surface area (TPSA) is 105 Å². The van der Waals surface area contributed by atoms with Crippen LogP contribution in [0.2, 0.25) is 0 Å². The molecule has 1 aromatic carbocycles. The Morgan fingerprint density at radius 1 is 1.25 bits per heavy atom. The molecule has 0 unspecified atom stereocenters. The third-order valence-corrected chi connectivity index (χ3v) is 5.04. The fourth-order valence-electron chi connectivity index (χ4n) is 1.76. The van der Waals surface area contributed by atoms with E-state index in [1.807, 2.05) is 0 Å². The predicted octanol–water partition coefficient (Wildman–Crippen LogP) is 2.60. The number of aromatic nitrogens is 2. The van der Waals surface area contributed by atoms with Gasteiger partial charge in [0, 0.05) is 17.1 Å². The van der Waals surface area contributed by atoms with Crippen molar-refractivity contribution in [2.24, 2.45) is 10.2 Å². The van der Waals surface area contributed by atoms with Gasteiger partial charge in [0.25, 0.3) is 0 Å². The van der Waals surface area contributed by atoms with Crippen LogP contribution in [0, 0.1) is 6.92 Å². The lowest BCUT2D eigenvalue weighted by atomic mass is 10.2. The van der Waals surface area contributed by atoms with Crippen molar-refractivity contribution in [3.05, 3.63) is 40.7 Å². The molecule has 0 saturated heterocycles. The van der Waals surface area contributed by atoms with E-state index in [9.17, 15) is 13.5 Å². The number of fused-ring (bicyclic) bond motifs is 1. The summed E-state index contributed by atoms with van der Waals surface area (Å²) in [6.07, 6.45) is 0. The van der Waals surface area contributed by atoms with E-state index in [1.54, 1.807) is 19.1 Å². The highest BCUT2D eigenvalue weighted by atomic mass is 32.2. The van der Waals surface area contributed by atoms with Crippen LogP contribution in [-0.4, -0.2) is 22.9 Å². The quantitative estimate of drug-likeness (QED) is 0.858. The fourth-order valence-corrected chi connectivity index (χ4v) is 3.70. The van der Waals surface area contributed by atoms with Crippen LogP contribution >= 0.6 is 11.5 Å². The molecular formula is C11H8N4O3S2. The van der Waals surface area contributed by atoms with Gasteiger partial charge in [-0.2, -0.15) is 4.37 Å². The van der Waals surface area contributed by atoms with Crippen molar-refractivity contribution in [3.63, 3.8) is 0 Å². The normalized spacial score (nSPS) is 16.9. The Kier molecular flexibility index (Phi) is 2.87. The zero-order valence-corrected chi connectivity index (χ0v) is 11.8. The summed E-state index contributed by atoms with van der Waals surface area (Å²) in [5.41, 5.74) is 0.231. The molecule has 0 fully saturated rings. The number of benzene rings is 1. The molecule has 2 aromatic rings. The van der Waals surface area contributed by atoms with Crippen LogP contribution in [0.4, 0.5) is 5.13 Å². The van der Waals surface area contributed by atoms with Gasteiger partial charge in [-0.15, -0.1) is 10.2 Å². The summed E-state index contributed by atoms with van der Waals surface area (Å²) >= 11 is 0.998. The molecule has 20 heavy (non-hydrogen) atoms. The van der Waals surface area contributed by atoms with E-state index in [0.717, 1.165) is 11.5 Å². The molecule has 0 aliphatic carbocycles. The van der Waals surface area contributed by atoms with E-state index in [2.05, 4.69) is 19.6 Å². The van der Waals surface area contributed by atoms with E-state index in [-0.39, 0.29) is 15.6 Å². The molecule has 9 heteroatoms.